The smallest absolute Gasteiger partial charge is 0.270 e. The Labute approximate surface area is 181 Å². The molecule has 5 rings (SSSR count). The Morgan fingerprint density at radius 3 is 2.77 bits per heavy atom. The zero-order valence-electron chi connectivity index (χ0n) is 17.6. The van der Waals surface area contributed by atoms with Crippen LogP contribution in [0.4, 0.5) is 10.2 Å². The summed E-state index contributed by atoms with van der Waals surface area (Å²) in [6.07, 6.45) is 4.03. The maximum Gasteiger partial charge on any atom is 0.270 e. The molecule has 1 aromatic carbocycles. The number of halogens is 1. The lowest BCUT2D eigenvalue weighted by molar-refractivity contribution is 0.0632. The van der Waals surface area contributed by atoms with E-state index in [9.17, 15) is 9.18 Å². The predicted molar refractivity (Wildman–Crippen MR) is 120 cm³/mol. The first-order valence-corrected chi connectivity index (χ1v) is 11.1. The minimum atomic E-state index is -0.285. The van der Waals surface area contributed by atoms with Crippen LogP contribution in [-0.2, 0) is 0 Å². The van der Waals surface area contributed by atoms with E-state index >= 15 is 0 Å². The van der Waals surface area contributed by atoms with Gasteiger partial charge in [0.05, 0.1) is 0 Å². The van der Waals surface area contributed by atoms with Gasteiger partial charge in [0.1, 0.15) is 17.3 Å². The first-order valence-electron chi connectivity index (χ1n) is 11.1. The van der Waals surface area contributed by atoms with Crippen LogP contribution in [0.15, 0.2) is 48.7 Å². The van der Waals surface area contributed by atoms with E-state index < -0.39 is 0 Å². The average Bonchev–Trinajstić information content (AvgIpc) is 3.23. The van der Waals surface area contributed by atoms with Gasteiger partial charge in [-0.05, 0) is 55.2 Å². The number of piperidine rings is 1. The van der Waals surface area contributed by atoms with Gasteiger partial charge in [-0.15, -0.1) is 0 Å². The van der Waals surface area contributed by atoms with Crippen molar-refractivity contribution in [1.29, 1.82) is 0 Å². The van der Waals surface area contributed by atoms with Crippen molar-refractivity contribution in [2.75, 3.05) is 50.7 Å². The van der Waals surface area contributed by atoms with Crippen molar-refractivity contribution in [3.8, 4) is 0 Å². The second kappa shape index (κ2) is 8.67. The summed E-state index contributed by atoms with van der Waals surface area (Å²) in [7, 11) is 0. The Kier molecular flexibility index (Phi) is 5.59. The van der Waals surface area contributed by atoms with Gasteiger partial charge < -0.3 is 14.8 Å². The molecule has 0 spiro atoms. The second-order valence-electron chi connectivity index (χ2n) is 8.65. The van der Waals surface area contributed by atoms with Crippen molar-refractivity contribution in [3.05, 3.63) is 60.2 Å². The molecule has 0 bridgehead atoms. The third kappa shape index (κ3) is 4.42. The fraction of sp³-hybridized carbons (Fsp3) is 0.417. The number of aromatic amines is 1. The highest BCUT2D eigenvalue weighted by atomic mass is 19.1. The molecule has 7 heteroatoms. The number of benzene rings is 1. The molecule has 2 aliphatic rings. The van der Waals surface area contributed by atoms with Gasteiger partial charge in [-0.25, -0.2) is 9.37 Å². The maximum absolute atomic E-state index is 13.5. The van der Waals surface area contributed by atoms with Crippen LogP contribution in [0.5, 0.6) is 0 Å². The molecule has 31 heavy (non-hydrogen) atoms. The van der Waals surface area contributed by atoms with Gasteiger partial charge in [-0.1, -0.05) is 6.07 Å². The van der Waals surface area contributed by atoms with Crippen LogP contribution < -0.4 is 4.90 Å². The quantitative estimate of drug-likeness (QED) is 0.702. The molecule has 4 heterocycles. The number of nitrogens with one attached hydrogen (secondary N) is 1. The normalized spacial score (nSPS) is 20.4. The lowest BCUT2D eigenvalue weighted by atomic mass is 9.96. The molecule has 2 aliphatic heterocycles. The van der Waals surface area contributed by atoms with E-state index in [1.807, 2.05) is 23.2 Å². The van der Waals surface area contributed by atoms with Crippen LogP contribution >= 0.6 is 0 Å². The zero-order chi connectivity index (χ0) is 21.2. The number of piperazine rings is 1. The van der Waals surface area contributed by atoms with Crippen molar-refractivity contribution in [1.82, 2.24) is 19.8 Å². The number of hydrogen-bond acceptors (Lipinski definition) is 4. The van der Waals surface area contributed by atoms with Gasteiger partial charge in [0.2, 0.25) is 0 Å². The highest BCUT2D eigenvalue weighted by Crippen LogP contribution is 2.23. The Bertz CT molecular complexity index is 1040. The Morgan fingerprint density at radius 2 is 1.97 bits per heavy atom. The third-order valence-corrected chi connectivity index (χ3v) is 6.48. The van der Waals surface area contributed by atoms with Gasteiger partial charge in [-0.3, -0.25) is 9.69 Å². The number of pyridine rings is 1. The average molecular weight is 422 g/mol. The fourth-order valence-corrected chi connectivity index (χ4v) is 4.85. The van der Waals surface area contributed by atoms with E-state index in [4.69, 9.17) is 0 Å². The van der Waals surface area contributed by atoms with Crippen LogP contribution in [-0.4, -0.2) is 71.5 Å². The largest absolute Gasteiger partial charge is 0.354 e. The number of hydrogen-bond donors (Lipinski definition) is 1. The minimum absolute atomic E-state index is 0.0151. The molecule has 2 fully saturated rings. The molecular weight excluding hydrogens is 393 g/mol. The number of H-pyrrole nitrogens is 1. The number of nitrogens with zero attached hydrogens (tertiary/aromatic N) is 4. The number of anilines is 1. The van der Waals surface area contributed by atoms with Gasteiger partial charge in [0.15, 0.2) is 0 Å². The van der Waals surface area contributed by atoms with Gasteiger partial charge in [0, 0.05) is 62.9 Å². The minimum Gasteiger partial charge on any atom is -0.354 e. The summed E-state index contributed by atoms with van der Waals surface area (Å²) in [5.74, 6) is 1.27. The molecule has 3 aromatic rings. The lowest BCUT2D eigenvalue weighted by Crippen LogP contribution is -2.50. The number of amides is 1. The summed E-state index contributed by atoms with van der Waals surface area (Å²) >= 11 is 0. The summed E-state index contributed by atoms with van der Waals surface area (Å²) in [5.41, 5.74) is 1.34. The van der Waals surface area contributed by atoms with Gasteiger partial charge in [0.25, 0.3) is 5.91 Å². The first kappa shape index (κ1) is 20.0. The van der Waals surface area contributed by atoms with E-state index in [0.717, 1.165) is 75.4 Å². The molecular formula is C24H28FN5O. The highest BCUT2D eigenvalue weighted by Gasteiger charge is 2.28. The number of carbonyl (C=O) groups is 1. The molecule has 6 nitrogen and oxygen atoms in total. The van der Waals surface area contributed by atoms with E-state index in [-0.39, 0.29) is 11.7 Å². The molecule has 1 amide bonds. The van der Waals surface area contributed by atoms with E-state index in [1.54, 1.807) is 12.1 Å². The Balaban J connectivity index is 1.17. The van der Waals surface area contributed by atoms with E-state index in [1.165, 1.54) is 12.1 Å². The van der Waals surface area contributed by atoms with Gasteiger partial charge >= 0.3 is 0 Å². The number of fused-ring (bicyclic) bond motifs is 1. The number of carbonyl (C=O) groups excluding carboxylic acids is 1. The molecule has 1 N–H and O–H groups in total. The van der Waals surface area contributed by atoms with Crippen LogP contribution in [0.1, 0.15) is 23.3 Å². The maximum atomic E-state index is 13.5. The number of aromatic nitrogens is 2. The number of rotatable bonds is 4. The summed E-state index contributed by atoms with van der Waals surface area (Å²) < 4.78 is 13.5. The molecule has 0 radical (unpaired) electrons. The molecule has 2 saturated heterocycles. The van der Waals surface area contributed by atoms with Crippen molar-refractivity contribution in [2.24, 2.45) is 5.92 Å². The van der Waals surface area contributed by atoms with Gasteiger partial charge in [-0.2, -0.15) is 0 Å². The Hall–Kier alpha value is -2.93. The van der Waals surface area contributed by atoms with Crippen molar-refractivity contribution >= 4 is 22.6 Å². The highest BCUT2D eigenvalue weighted by molar-refractivity contribution is 5.98. The van der Waals surface area contributed by atoms with Crippen molar-refractivity contribution in [3.63, 3.8) is 0 Å². The second-order valence-corrected chi connectivity index (χ2v) is 8.65. The third-order valence-electron chi connectivity index (χ3n) is 6.48. The van der Waals surface area contributed by atoms with Crippen LogP contribution in [0, 0.1) is 11.7 Å². The summed E-state index contributed by atoms with van der Waals surface area (Å²) in [4.78, 5) is 27.5. The van der Waals surface area contributed by atoms with E-state index in [0.29, 0.717) is 11.6 Å². The molecule has 0 aliphatic carbocycles. The Morgan fingerprint density at radius 1 is 1.10 bits per heavy atom. The molecule has 1 unspecified atom stereocenters. The van der Waals surface area contributed by atoms with Crippen LogP contribution in [0.2, 0.25) is 0 Å². The molecule has 1 atom stereocenters. The predicted octanol–water partition coefficient (Wildman–Crippen LogP) is 3.38. The summed E-state index contributed by atoms with van der Waals surface area (Å²) in [6.45, 7) is 6.60. The lowest BCUT2D eigenvalue weighted by Gasteiger charge is -2.39. The molecule has 2 aromatic heterocycles. The summed E-state index contributed by atoms with van der Waals surface area (Å²) in [5, 5.41) is 0.739. The standard InChI is InChI=1S/C24H28FN5O/c25-20-6-7-21-19(14-20)15-22(27-21)24(31)30-9-3-4-18(17-30)16-28-10-12-29(13-11-28)23-5-1-2-8-26-23/h1-2,5-8,14-15,18,27H,3-4,9-13,16-17H2. The fourth-order valence-electron chi connectivity index (χ4n) is 4.85. The topological polar surface area (TPSA) is 55.5 Å². The first-order chi connectivity index (χ1) is 15.2. The van der Waals surface area contributed by atoms with Crippen LogP contribution in [0.3, 0.4) is 0 Å². The number of likely N-dealkylation sites (tertiary alicyclic amines) is 1. The van der Waals surface area contributed by atoms with Crippen LogP contribution in [0.25, 0.3) is 10.9 Å². The molecule has 162 valence electrons. The zero-order valence-corrected chi connectivity index (χ0v) is 17.6. The summed E-state index contributed by atoms with van der Waals surface area (Å²) in [6, 6.07) is 12.4. The SMILES string of the molecule is O=C(c1cc2cc(F)ccc2[nH]1)N1CCCC(CN2CCN(c3ccccn3)CC2)C1. The van der Waals surface area contributed by atoms with Crippen molar-refractivity contribution in [2.45, 2.75) is 12.8 Å². The van der Waals surface area contributed by atoms with E-state index in [2.05, 4.69) is 25.8 Å². The monoisotopic (exact) mass is 421 g/mol. The molecule has 0 saturated carbocycles. The van der Waals surface area contributed by atoms with Crippen molar-refractivity contribution < 1.29 is 9.18 Å².